The lowest BCUT2D eigenvalue weighted by Gasteiger charge is -2.39. The van der Waals surface area contributed by atoms with Crippen molar-refractivity contribution in [1.29, 1.82) is 0 Å². The van der Waals surface area contributed by atoms with Gasteiger partial charge in [0.15, 0.2) is 0 Å². The average Bonchev–Trinajstić information content (AvgIpc) is 3.36. The molecule has 61 heavy (non-hydrogen) atoms. The summed E-state index contributed by atoms with van der Waals surface area (Å²) in [6.45, 7) is 27.5. The first-order valence-corrected chi connectivity index (χ1v) is 20.1. The molecule has 0 aromatic heterocycles. The Bertz CT molecular complexity index is 2210. The van der Waals surface area contributed by atoms with E-state index in [1.54, 1.807) is 123 Å². The second-order valence-corrected chi connectivity index (χ2v) is 19.1. The minimum Gasteiger partial charge on any atom is -0.428 e. The fourth-order valence-electron chi connectivity index (χ4n) is 7.44. The van der Waals surface area contributed by atoms with Gasteiger partial charge in [0, 0.05) is 22.3 Å². The standard InChI is InChI=1S/C49H58O12/c1-27-25-35(54-41(50)58-45(5,6)7)29(3)39(56-43(52)60-47(11,12)13)37(27)49(33-23-19-17-21-31(33)32-22-18-20-24-34(32)49)38-28(2)26-36(55-42(51)59-46(8,9)10)30(4)40(38)57-44(53)61-48(14,15)16/h17-26H,1-16H3. The van der Waals surface area contributed by atoms with E-state index in [9.17, 15) is 19.2 Å². The van der Waals surface area contributed by atoms with Crippen LogP contribution in [0.1, 0.15) is 128 Å². The predicted octanol–water partition coefficient (Wildman–Crippen LogP) is 12.5. The van der Waals surface area contributed by atoms with Crippen molar-refractivity contribution < 1.29 is 57.1 Å². The van der Waals surface area contributed by atoms with Crippen LogP contribution in [-0.4, -0.2) is 47.0 Å². The molecular weight excluding hydrogens is 781 g/mol. The highest BCUT2D eigenvalue weighted by molar-refractivity contribution is 5.90. The summed E-state index contributed by atoms with van der Waals surface area (Å²) in [4.78, 5) is 54.2. The van der Waals surface area contributed by atoms with Gasteiger partial charge in [0.25, 0.3) is 0 Å². The van der Waals surface area contributed by atoms with Crippen molar-refractivity contribution in [1.82, 2.24) is 0 Å². The minimum absolute atomic E-state index is 0.0219. The summed E-state index contributed by atoms with van der Waals surface area (Å²) < 4.78 is 46.8. The summed E-state index contributed by atoms with van der Waals surface area (Å²) in [7, 11) is 0. The van der Waals surface area contributed by atoms with E-state index in [2.05, 4.69) is 0 Å². The largest absolute Gasteiger partial charge is 0.514 e. The highest BCUT2D eigenvalue weighted by atomic mass is 16.8. The third kappa shape index (κ3) is 10.1. The number of hydrogen-bond acceptors (Lipinski definition) is 12. The third-order valence-corrected chi connectivity index (χ3v) is 9.38. The van der Waals surface area contributed by atoms with E-state index in [1.165, 1.54) is 0 Å². The number of benzene rings is 4. The Labute approximate surface area is 358 Å². The zero-order valence-corrected chi connectivity index (χ0v) is 38.2. The molecule has 0 amide bonds. The zero-order valence-electron chi connectivity index (χ0n) is 38.2. The molecule has 4 aromatic carbocycles. The van der Waals surface area contributed by atoms with Crippen molar-refractivity contribution in [2.24, 2.45) is 0 Å². The lowest BCUT2D eigenvalue weighted by Crippen LogP contribution is -2.35. The second-order valence-electron chi connectivity index (χ2n) is 19.1. The molecule has 0 spiro atoms. The van der Waals surface area contributed by atoms with Crippen molar-refractivity contribution in [3.63, 3.8) is 0 Å². The summed E-state index contributed by atoms with van der Waals surface area (Å²) in [5.74, 6) is 0.188. The van der Waals surface area contributed by atoms with E-state index in [4.69, 9.17) is 37.9 Å². The maximum atomic E-state index is 13.9. The van der Waals surface area contributed by atoms with Gasteiger partial charge < -0.3 is 37.9 Å². The van der Waals surface area contributed by atoms with E-state index in [1.807, 2.05) is 48.5 Å². The quantitative estimate of drug-likeness (QED) is 0.0912. The van der Waals surface area contributed by atoms with Gasteiger partial charge in [-0.05, 0) is 156 Å². The maximum Gasteiger partial charge on any atom is 0.514 e. The molecule has 12 heteroatoms. The number of rotatable bonds is 6. The van der Waals surface area contributed by atoms with E-state index < -0.39 is 52.4 Å². The molecule has 12 nitrogen and oxygen atoms in total. The fourth-order valence-corrected chi connectivity index (χ4v) is 7.44. The molecule has 5 rings (SSSR count). The van der Waals surface area contributed by atoms with Crippen molar-refractivity contribution in [2.45, 2.75) is 139 Å². The van der Waals surface area contributed by atoms with Gasteiger partial charge in [-0.1, -0.05) is 48.5 Å². The van der Waals surface area contributed by atoms with Crippen molar-refractivity contribution in [2.75, 3.05) is 0 Å². The number of ether oxygens (including phenoxy) is 8. The van der Waals surface area contributed by atoms with Crippen LogP contribution in [0.2, 0.25) is 0 Å². The molecule has 0 fully saturated rings. The first-order valence-electron chi connectivity index (χ1n) is 20.1. The summed E-state index contributed by atoms with van der Waals surface area (Å²) in [6, 6.07) is 18.9. The molecule has 326 valence electrons. The first-order chi connectivity index (χ1) is 28.0. The van der Waals surface area contributed by atoms with Gasteiger partial charge in [-0.15, -0.1) is 0 Å². The maximum absolute atomic E-state index is 13.9. The summed E-state index contributed by atoms with van der Waals surface area (Å²) >= 11 is 0. The van der Waals surface area contributed by atoms with Crippen LogP contribution in [0.15, 0.2) is 60.7 Å². The topological polar surface area (TPSA) is 142 Å². The summed E-state index contributed by atoms with van der Waals surface area (Å²) in [5, 5.41) is 0. The summed E-state index contributed by atoms with van der Waals surface area (Å²) in [5.41, 5.74) is 0.576. The third-order valence-electron chi connectivity index (χ3n) is 9.38. The van der Waals surface area contributed by atoms with Gasteiger partial charge in [0.05, 0.1) is 5.41 Å². The van der Waals surface area contributed by atoms with Gasteiger partial charge in [-0.25, -0.2) is 19.2 Å². The molecule has 0 N–H and O–H groups in total. The molecule has 0 atom stereocenters. The first kappa shape index (κ1) is 46.0. The highest BCUT2D eigenvalue weighted by Gasteiger charge is 2.52. The Hall–Kier alpha value is -6.04. The van der Waals surface area contributed by atoms with Crippen LogP contribution in [0.3, 0.4) is 0 Å². The van der Waals surface area contributed by atoms with Crippen LogP contribution >= 0.6 is 0 Å². The van der Waals surface area contributed by atoms with Gasteiger partial charge in [0.1, 0.15) is 45.4 Å². The minimum atomic E-state index is -1.46. The van der Waals surface area contributed by atoms with E-state index in [-0.39, 0.29) is 34.1 Å². The van der Waals surface area contributed by atoms with E-state index in [0.717, 1.165) is 22.3 Å². The molecule has 1 aliphatic carbocycles. The van der Waals surface area contributed by atoms with Crippen LogP contribution in [0.5, 0.6) is 23.0 Å². The fraction of sp³-hybridized carbons (Fsp3) is 0.429. The zero-order chi connectivity index (χ0) is 45.6. The van der Waals surface area contributed by atoms with Crippen LogP contribution in [-0.2, 0) is 24.4 Å². The average molecular weight is 839 g/mol. The molecule has 0 unspecified atom stereocenters. The molecule has 0 heterocycles. The SMILES string of the molecule is Cc1cc(OC(=O)OC(C)(C)C)c(C)c(OC(=O)OC(C)(C)C)c1C1(c2c(C)cc(OC(=O)OC(C)(C)C)c(C)c2OC(=O)OC(C)(C)C)c2ccccc2-c2ccccc21. The van der Waals surface area contributed by atoms with E-state index >= 15 is 0 Å². The predicted molar refractivity (Wildman–Crippen MR) is 230 cm³/mol. The molecule has 0 saturated heterocycles. The number of hydrogen-bond donors (Lipinski definition) is 0. The lowest BCUT2D eigenvalue weighted by atomic mass is 9.64. The molecule has 0 aliphatic heterocycles. The van der Waals surface area contributed by atoms with Crippen LogP contribution in [0.4, 0.5) is 19.2 Å². The Balaban J connectivity index is 1.99. The Morgan fingerprint density at radius 2 is 0.705 bits per heavy atom. The molecule has 0 saturated carbocycles. The van der Waals surface area contributed by atoms with Crippen molar-refractivity contribution in [3.05, 3.63) is 105 Å². The highest BCUT2D eigenvalue weighted by Crippen LogP contribution is 2.62. The van der Waals surface area contributed by atoms with Gasteiger partial charge in [-0.3, -0.25) is 0 Å². The number of carbonyl (C=O) groups is 4. The van der Waals surface area contributed by atoms with Gasteiger partial charge in [0.2, 0.25) is 0 Å². The second kappa shape index (κ2) is 16.4. The Morgan fingerprint density at radius 1 is 0.426 bits per heavy atom. The van der Waals surface area contributed by atoms with Crippen molar-refractivity contribution in [3.8, 4) is 34.1 Å². The van der Waals surface area contributed by atoms with Crippen LogP contribution in [0.25, 0.3) is 11.1 Å². The smallest absolute Gasteiger partial charge is 0.428 e. The van der Waals surface area contributed by atoms with Crippen LogP contribution < -0.4 is 18.9 Å². The molecule has 0 bridgehead atoms. The van der Waals surface area contributed by atoms with Gasteiger partial charge in [-0.2, -0.15) is 0 Å². The Morgan fingerprint density at radius 3 is 1.00 bits per heavy atom. The molecular formula is C49H58O12. The lowest BCUT2D eigenvalue weighted by molar-refractivity contribution is 0.0175. The van der Waals surface area contributed by atoms with E-state index in [0.29, 0.717) is 22.3 Å². The number of fused-ring (bicyclic) bond motifs is 3. The van der Waals surface area contributed by atoms with Gasteiger partial charge >= 0.3 is 24.6 Å². The monoisotopic (exact) mass is 838 g/mol. The molecule has 4 aromatic rings. The van der Waals surface area contributed by atoms with Crippen LogP contribution in [0, 0.1) is 27.7 Å². The molecule has 1 aliphatic rings. The number of aryl methyl sites for hydroxylation is 2. The van der Waals surface area contributed by atoms with Crippen molar-refractivity contribution >= 4 is 24.6 Å². The summed E-state index contributed by atoms with van der Waals surface area (Å²) in [6.07, 6.45) is -3.95. The number of carbonyl (C=O) groups excluding carboxylic acids is 4. The Kier molecular flexibility index (Phi) is 12.4. The molecule has 0 radical (unpaired) electrons. The normalized spacial score (nSPS) is 13.3.